The van der Waals surface area contributed by atoms with Crippen LogP contribution in [0.1, 0.15) is 19.5 Å². The van der Waals surface area contributed by atoms with Crippen LogP contribution in [0.2, 0.25) is 0 Å². The molecule has 2 rings (SSSR count). The van der Waals surface area contributed by atoms with Crippen molar-refractivity contribution in [2.45, 2.75) is 18.7 Å². The molecule has 0 aliphatic heterocycles. The van der Waals surface area contributed by atoms with Crippen LogP contribution < -0.4 is 0 Å². The van der Waals surface area contributed by atoms with Gasteiger partial charge in [-0.3, -0.25) is 0 Å². The Balaban J connectivity index is 2.77. The fourth-order valence-electron chi connectivity index (χ4n) is 1.50. The molecule has 0 radical (unpaired) electrons. The summed E-state index contributed by atoms with van der Waals surface area (Å²) in [4.78, 5) is 9.46. The third kappa shape index (κ3) is 1.88. The van der Waals surface area contributed by atoms with Crippen molar-refractivity contribution in [3.63, 3.8) is 0 Å². The van der Waals surface area contributed by atoms with Gasteiger partial charge in [-0.2, -0.15) is 0 Å². The maximum Gasteiger partial charge on any atom is 0.116 e. The SMILES string of the molecule is C/C=C(\C)c1ncnc2cc(S)ccc12. The first kappa shape index (κ1) is 10.2. The van der Waals surface area contributed by atoms with Crippen LogP contribution >= 0.6 is 12.6 Å². The molecule has 1 heterocycles. The van der Waals surface area contributed by atoms with Gasteiger partial charge in [0.15, 0.2) is 0 Å². The van der Waals surface area contributed by atoms with Crippen LogP contribution in [0.25, 0.3) is 16.5 Å². The van der Waals surface area contributed by atoms with E-state index >= 15 is 0 Å². The lowest BCUT2D eigenvalue weighted by Gasteiger charge is -2.04. The molecule has 0 aliphatic carbocycles. The number of thiol groups is 1. The van der Waals surface area contributed by atoms with Crippen molar-refractivity contribution >= 4 is 29.1 Å². The summed E-state index contributed by atoms with van der Waals surface area (Å²) in [5.74, 6) is 0. The van der Waals surface area contributed by atoms with Crippen molar-refractivity contribution in [2.24, 2.45) is 0 Å². The Hall–Kier alpha value is -1.35. The fourth-order valence-corrected chi connectivity index (χ4v) is 1.69. The van der Waals surface area contributed by atoms with Gasteiger partial charge in [0.25, 0.3) is 0 Å². The topological polar surface area (TPSA) is 25.8 Å². The molecule has 0 unspecified atom stereocenters. The number of hydrogen-bond donors (Lipinski definition) is 1. The largest absolute Gasteiger partial charge is 0.236 e. The molecule has 0 spiro atoms. The minimum atomic E-state index is 0.922. The average Bonchev–Trinajstić information content (AvgIpc) is 2.26. The maximum absolute atomic E-state index is 4.30. The lowest BCUT2D eigenvalue weighted by Crippen LogP contribution is -1.90. The molecular weight excluding hydrogens is 204 g/mol. The van der Waals surface area contributed by atoms with Crippen LogP contribution in [0.3, 0.4) is 0 Å². The Morgan fingerprint density at radius 2 is 2.13 bits per heavy atom. The van der Waals surface area contributed by atoms with E-state index in [1.165, 1.54) is 0 Å². The first-order chi connectivity index (χ1) is 7.22. The number of fused-ring (bicyclic) bond motifs is 1. The normalized spacial score (nSPS) is 12.1. The highest BCUT2D eigenvalue weighted by atomic mass is 32.1. The standard InChI is InChI=1S/C12H12N2S/c1-3-8(2)12-10-5-4-9(15)6-11(10)13-7-14-12/h3-7,15H,1-2H3/b8-3+. The summed E-state index contributed by atoms with van der Waals surface area (Å²) in [7, 11) is 0. The molecule has 1 aromatic carbocycles. The van der Waals surface area contributed by atoms with Gasteiger partial charge >= 0.3 is 0 Å². The predicted octanol–water partition coefficient (Wildman–Crippen LogP) is 3.34. The Kier molecular flexibility index (Phi) is 2.73. The van der Waals surface area contributed by atoms with Crippen LogP contribution in [0.4, 0.5) is 0 Å². The minimum Gasteiger partial charge on any atom is -0.236 e. The maximum atomic E-state index is 4.30. The second-order valence-electron chi connectivity index (χ2n) is 3.40. The average molecular weight is 216 g/mol. The van der Waals surface area contributed by atoms with Crippen LogP contribution in [0.5, 0.6) is 0 Å². The summed E-state index contributed by atoms with van der Waals surface area (Å²) in [6.07, 6.45) is 3.65. The summed E-state index contributed by atoms with van der Waals surface area (Å²) in [6, 6.07) is 5.92. The van der Waals surface area contributed by atoms with Crippen molar-refractivity contribution in [1.29, 1.82) is 0 Å². The molecule has 2 aromatic rings. The second kappa shape index (κ2) is 4.03. The lowest BCUT2D eigenvalue weighted by molar-refractivity contribution is 1.18. The van der Waals surface area contributed by atoms with Gasteiger partial charge in [-0.15, -0.1) is 12.6 Å². The molecule has 15 heavy (non-hydrogen) atoms. The van der Waals surface area contributed by atoms with Crippen LogP contribution in [-0.4, -0.2) is 9.97 Å². The van der Waals surface area contributed by atoms with E-state index in [9.17, 15) is 0 Å². The van der Waals surface area contributed by atoms with E-state index in [1.807, 2.05) is 25.1 Å². The van der Waals surface area contributed by atoms with Crippen LogP contribution in [-0.2, 0) is 0 Å². The summed E-state index contributed by atoms with van der Waals surface area (Å²) in [5, 5.41) is 1.07. The summed E-state index contributed by atoms with van der Waals surface area (Å²) >= 11 is 4.29. The molecule has 0 fully saturated rings. The molecule has 3 heteroatoms. The van der Waals surface area contributed by atoms with Gasteiger partial charge in [-0.05, 0) is 37.6 Å². The van der Waals surface area contributed by atoms with Crippen LogP contribution in [0, 0.1) is 0 Å². The number of nitrogens with zero attached hydrogens (tertiary/aromatic N) is 2. The predicted molar refractivity (Wildman–Crippen MR) is 66.1 cm³/mol. The van der Waals surface area contributed by atoms with Crippen molar-refractivity contribution in [3.05, 3.63) is 36.3 Å². The fraction of sp³-hybridized carbons (Fsp3) is 0.167. The van der Waals surface area contributed by atoms with Gasteiger partial charge in [0.1, 0.15) is 6.33 Å². The Morgan fingerprint density at radius 3 is 2.87 bits per heavy atom. The van der Waals surface area contributed by atoms with E-state index in [-0.39, 0.29) is 0 Å². The molecular formula is C12H12N2S. The smallest absolute Gasteiger partial charge is 0.116 e. The van der Waals surface area contributed by atoms with Gasteiger partial charge in [0, 0.05) is 10.3 Å². The van der Waals surface area contributed by atoms with Gasteiger partial charge in [0.05, 0.1) is 11.2 Å². The summed E-state index contributed by atoms with van der Waals surface area (Å²) < 4.78 is 0. The Labute approximate surface area is 94.5 Å². The van der Waals surface area contributed by atoms with E-state index in [0.29, 0.717) is 0 Å². The number of allylic oxidation sites excluding steroid dienone is 2. The number of benzene rings is 1. The zero-order chi connectivity index (χ0) is 10.8. The number of hydrogen-bond acceptors (Lipinski definition) is 3. The highest BCUT2D eigenvalue weighted by molar-refractivity contribution is 7.80. The van der Waals surface area contributed by atoms with E-state index < -0.39 is 0 Å². The molecule has 76 valence electrons. The number of aromatic nitrogens is 2. The minimum absolute atomic E-state index is 0.922. The van der Waals surface area contributed by atoms with Gasteiger partial charge in [-0.25, -0.2) is 9.97 Å². The zero-order valence-electron chi connectivity index (χ0n) is 8.73. The summed E-state index contributed by atoms with van der Waals surface area (Å²) in [6.45, 7) is 4.06. The molecule has 0 bridgehead atoms. The zero-order valence-corrected chi connectivity index (χ0v) is 9.62. The molecule has 2 nitrogen and oxygen atoms in total. The second-order valence-corrected chi connectivity index (χ2v) is 3.91. The highest BCUT2D eigenvalue weighted by Crippen LogP contribution is 2.22. The van der Waals surface area contributed by atoms with E-state index in [4.69, 9.17) is 0 Å². The van der Waals surface area contributed by atoms with Crippen molar-refractivity contribution in [1.82, 2.24) is 9.97 Å². The number of rotatable bonds is 1. The van der Waals surface area contributed by atoms with E-state index in [2.05, 4.69) is 35.6 Å². The molecule has 0 aliphatic rings. The van der Waals surface area contributed by atoms with Gasteiger partial charge < -0.3 is 0 Å². The third-order valence-electron chi connectivity index (χ3n) is 2.43. The molecule has 0 saturated carbocycles. The highest BCUT2D eigenvalue weighted by Gasteiger charge is 2.04. The van der Waals surface area contributed by atoms with Crippen LogP contribution in [0.15, 0.2) is 35.5 Å². The molecule has 0 N–H and O–H groups in total. The first-order valence-corrected chi connectivity index (χ1v) is 5.24. The Bertz CT molecular complexity index is 532. The molecule has 0 amide bonds. The summed E-state index contributed by atoms with van der Waals surface area (Å²) in [5.41, 5.74) is 3.10. The van der Waals surface area contributed by atoms with E-state index in [0.717, 1.165) is 27.1 Å². The van der Waals surface area contributed by atoms with Gasteiger partial charge in [-0.1, -0.05) is 6.08 Å². The molecule has 1 aromatic heterocycles. The van der Waals surface area contributed by atoms with Crippen molar-refractivity contribution in [2.75, 3.05) is 0 Å². The van der Waals surface area contributed by atoms with Crippen molar-refractivity contribution < 1.29 is 0 Å². The van der Waals surface area contributed by atoms with E-state index in [1.54, 1.807) is 6.33 Å². The van der Waals surface area contributed by atoms with Gasteiger partial charge in [0.2, 0.25) is 0 Å². The monoisotopic (exact) mass is 216 g/mol. The molecule has 0 saturated heterocycles. The quantitative estimate of drug-likeness (QED) is 0.740. The third-order valence-corrected chi connectivity index (χ3v) is 2.70. The lowest BCUT2D eigenvalue weighted by atomic mass is 10.1. The Morgan fingerprint density at radius 1 is 1.33 bits per heavy atom. The van der Waals surface area contributed by atoms with Crippen molar-refractivity contribution in [3.8, 4) is 0 Å². The first-order valence-electron chi connectivity index (χ1n) is 4.79. The molecule has 0 atom stereocenters.